The van der Waals surface area contributed by atoms with Crippen molar-refractivity contribution < 1.29 is 4.74 Å². The van der Waals surface area contributed by atoms with Gasteiger partial charge in [-0.25, -0.2) is 0 Å². The van der Waals surface area contributed by atoms with E-state index in [9.17, 15) is 0 Å². The normalized spacial score (nSPS) is 15.9. The molecule has 0 amide bonds. The van der Waals surface area contributed by atoms with Gasteiger partial charge in [-0.05, 0) is 49.1 Å². The van der Waals surface area contributed by atoms with E-state index in [0.29, 0.717) is 12.6 Å². The summed E-state index contributed by atoms with van der Waals surface area (Å²) in [5, 5.41) is 3.61. The lowest BCUT2D eigenvalue weighted by molar-refractivity contribution is 0.298. The summed E-state index contributed by atoms with van der Waals surface area (Å²) in [4.78, 5) is 0. The first-order chi connectivity index (χ1) is 10.4. The minimum absolute atomic E-state index is 0.534. The maximum absolute atomic E-state index is 5.75. The first kappa shape index (κ1) is 14.2. The Morgan fingerprint density at radius 2 is 2.05 bits per heavy atom. The van der Waals surface area contributed by atoms with E-state index >= 15 is 0 Å². The summed E-state index contributed by atoms with van der Waals surface area (Å²) in [5.41, 5.74) is 1.42. The highest BCUT2D eigenvalue weighted by Gasteiger charge is 2.31. The molecule has 0 bridgehead atoms. The summed E-state index contributed by atoms with van der Waals surface area (Å²) in [6, 6.07) is 12.8. The Bertz CT molecular complexity index is 545. The van der Waals surface area contributed by atoms with E-state index in [1.54, 1.807) is 0 Å². The van der Waals surface area contributed by atoms with Crippen LogP contribution in [-0.2, 0) is 6.54 Å². The van der Waals surface area contributed by atoms with Gasteiger partial charge in [0.15, 0.2) is 0 Å². The van der Waals surface area contributed by atoms with Crippen LogP contribution in [0.1, 0.15) is 31.4 Å². The highest BCUT2D eigenvalue weighted by atomic mass is 16.5. The summed E-state index contributed by atoms with van der Waals surface area (Å²) < 4.78 is 7.98. The highest BCUT2D eigenvalue weighted by Crippen LogP contribution is 2.40. The Labute approximate surface area is 126 Å². The van der Waals surface area contributed by atoms with Gasteiger partial charge in [0.05, 0.1) is 6.54 Å². The van der Waals surface area contributed by atoms with Gasteiger partial charge in [-0.2, -0.15) is 0 Å². The molecular formula is C18H24N2O. The molecule has 1 fully saturated rings. The number of benzene rings is 1. The van der Waals surface area contributed by atoms with Crippen LogP contribution in [0.5, 0.6) is 5.75 Å². The topological polar surface area (TPSA) is 26.2 Å². The van der Waals surface area contributed by atoms with Crippen molar-refractivity contribution in [1.29, 1.82) is 0 Å². The number of hydrogen-bond donors (Lipinski definition) is 1. The molecule has 3 heteroatoms. The number of para-hydroxylation sites is 1. The SMILES string of the molecule is CCNC(c1ccn(CCOc2ccccc2)c1)C1CC1. The molecule has 1 N–H and O–H groups in total. The summed E-state index contributed by atoms with van der Waals surface area (Å²) in [5.74, 6) is 1.77. The standard InChI is InChI=1S/C18H24N2O/c1-2-19-18(15-8-9-15)16-10-11-20(14-16)12-13-21-17-6-4-3-5-7-17/h3-7,10-11,14-15,18-19H,2,8-9,12-13H2,1H3. The molecule has 3 rings (SSSR count). The van der Waals surface area contributed by atoms with Gasteiger partial charge < -0.3 is 14.6 Å². The molecule has 3 nitrogen and oxygen atoms in total. The van der Waals surface area contributed by atoms with Crippen LogP contribution in [0.3, 0.4) is 0 Å². The molecule has 1 unspecified atom stereocenters. The molecule has 0 aliphatic heterocycles. The van der Waals surface area contributed by atoms with Gasteiger partial charge in [-0.3, -0.25) is 0 Å². The fraction of sp³-hybridized carbons (Fsp3) is 0.444. The average Bonchev–Trinajstić information content (AvgIpc) is 3.25. The van der Waals surface area contributed by atoms with E-state index in [4.69, 9.17) is 4.74 Å². The average molecular weight is 284 g/mol. The fourth-order valence-corrected chi connectivity index (χ4v) is 2.77. The van der Waals surface area contributed by atoms with Gasteiger partial charge in [0.1, 0.15) is 12.4 Å². The summed E-state index contributed by atoms with van der Waals surface area (Å²) in [6.07, 6.45) is 7.15. The predicted octanol–water partition coefficient (Wildman–Crippen LogP) is 3.63. The van der Waals surface area contributed by atoms with E-state index in [1.165, 1.54) is 18.4 Å². The van der Waals surface area contributed by atoms with Crippen LogP contribution in [0, 0.1) is 5.92 Å². The van der Waals surface area contributed by atoms with E-state index in [-0.39, 0.29) is 0 Å². The predicted molar refractivity (Wildman–Crippen MR) is 85.5 cm³/mol. The van der Waals surface area contributed by atoms with Crippen molar-refractivity contribution in [1.82, 2.24) is 9.88 Å². The molecule has 1 heterocycles. The third-order valence-corrected chi connectivity index (χ3v) is 4.01. The van der Waals surface area contributed by atoms with Crippen LogP contribution in [-0.4, -0.2) is 17.7 Å². The van der Waals surface area contributed by atoms with Crippen molar-refractivity contribution in [2.45, 2.75) is 32.4 Å². The van der Waals surface area contributed by atoms with Crippen molar-refractivity contribution in [3.8, 4) is 5.75 Å². The highest BCUT2D eigenvalue weighted by molar-refractivity contribution is 5.21. The molecule has 21 heavy (non-hydrogen) atoms. The van der Waals surface area contributed by atoms with E-state index < -0.39 is 0 Å². The Morgan fingerprint density at radius 1 is 1.24 bits per heavy atom. The van der Waals surface area contributed by atoms with Gasteiger partial charge in [-0.1, -0.05) is 25.1 Å². The second-order valence-electron chi connectivity index (χ2n) is 5.72. The van der Waals surface area contributed by atoms with Gasteiger partial charge in [0.25, 0.3) is 0 Å². The van der Waals surface area contributed by atoms with E-state index in [2.05, 4.69) is 35.3 Å². The molecule has 1 aliphatic carbocycles. The van der Waals surface area contributed by atoms with Crippen molar-refractivity contribution in [2.75, 3.05) is 13.2 Å². The number of nitrogens with zero attached hydrogens (tertiary/aromatic N) is 1. The third-order valence-electron chi connectivity index (χ3n) is 4.01. The molecule has 1 aliphatic rings. The van der Waals surface area contributed by atoms with Crippen LogP contribution in [0.2, 0.25) is 0 Å². The van der Waals surface area contributed by atoms with Gasteiger partial charge in [0, 0.05) is 18.4 Å². The lowest BCUT2D eigenvalue weighted by atomic mass is 10.1. The molecule has 2 aromatic rings. The van der Waals surface area contributed by atoms with Gasteiger partial charge in [0.2, 0.25) is 0 Å². The van der Waals surface area contributed by atoms with Gasteiger partial charge in [-0.15, -0.1) is 0 Å². The molecular weight excluding hydrogens is 260 g/mol. The Hall–Kier alpha value is -1.74. The Morgan fingerprint density at radius 3 is 2.76 bits per heavy atom. The van der Waals surface area contributed by atoms with Crippen LogP contribution in [0.4, 0.5) is 0 Å². The van der Waals surface area contributed by atoms with Crippen LogP contribution >= 0.6 is 0 Å². The minimum Gasteiger partial charge on any atom is -0.492 e. The number of rotatable bonds is 8. The lowest BCUT2D eigenvalue weighted by Gasteiger charge is -2.15. The fourth-order valence-electron chi connectivity index (χ4n) is 2.77. The molecule has 0 saturated heterocycles. The zero-order valence-electron chi connectivity index (χ0n) is 12.7. The second kappa shape index (κ2) is 6.81. The quantitative estimate of drug-likeness (QED) is 0.801. The number of nitrogens with one attached hydrogen (secondary N) is 1. The van der Waals surface area contributed by atoms with Crippen molar-refractivity contribution in [3.63, 3.8) is 0 Å². The Balaban J connectivity index is 1.52. The molecule has 112 valence electrons. The summed E-state index contributed by atoms with van der Waals surface area (Å²) in [6.45, 7) is 4.80. The molecule has 1 aromatic carbocycles. The summed E-state index contributed by atoms with van der Waals surface area (Å²) >= 11 is 0. The lowest BCUT2D eigenvalue weighted by Crippen LogP contribution is -2.22. The second-order valence-corrected chi connectivity index (χ2v) is 5.72. The van der Waals surface area contributed by atoms with Crippen molar-refractivity contribution in [2.24, 2.45) is 5.92 Å². The van der Waals surface area contributed by atoms with E-state index in [1.807, 2.05) is 30.3 Å². The maximum atomic E-state index is 5.75. The molecule has 0 radical (unpaired) electrons. The largest absolute Gasteiger partial charge is 0.492 e. The maximum Gasteiger partial charge on any atom is 0.119 e. The molecule has 1 atom stereocenters. The van der Waals surface area contributed by atoms with Gasteiger partial charge >= 0.3 is 0 Å². The minimum atomic E-state index is 0.534. The Kier molecular flexibility index (Phi) is 4.61. The molecule has 1 saturated carbocycles. The van der Waals surface area contributed by atoms with Crippen molar-refractivity contribution >= 4 is 0 Å². The first-order valence-electron chi connectivity index (χ1n) is 7.93. The number of ether oxygens (including phenoxy) is 1. The third kappa shape index (κ3) is 3.88. The van der Waals surface area contributed by atoms with Crippen LogP contribution in [0.15, 0.2) is 48.8 Å². The molecule has 0 spiro atoms. The number of aromatic nitrogens is 1. The smallest absolute Gasteiger partial charge is 0.119 e. The summed E-state index contributed by atoms with van der Waals surface area (Å²) in [7, 11) is 0. The molecule has 1 aromatic heterocycles. The monoisotopic (exact) mass is 284 g/mol. The van der Waals surface area contributed by atoms with E-state index in [0.717, 1.165) is 24.8 Å². The zero-order chi connectivity index (χ0) is 14.5. The van der Waals surface area contributed by atoms with Crippen molar-refractivity contribution in [3.05, 3.63) is 54.4 Å². The number of hydrogen-bond acceptors (Lipinski definition) is 2. The zero-order valence-corrected chi connectivity index (χ0v) is 12.7. The van der Waals surface area contributed by atoms with Crippen LogP contribution in [0.25, 0.3) is 0 Å². The first-order valence-corrected chi connectivity index (χ1v) is 7.93. The van der Waals surface area contributed by atoms with Crippen LogP contribution < -0.4 is 10.1 Å².